The molecule has 1 rings (SSSR count). The van der Waals surface area contributed by atoms with Gasteiger partial charge in [-0.1, -0.05) is 20.8 Å². The Balaban J connectivity index is 2.23. The number of nitrogens with one attached hydrogen (secondary N) is 2. The van der Waals surface area contributed by atoms with Gasteiger partial charge in [-0.25, -0.2) is 0 Å². The summed E-state index contributed by atoms with van der Waals surface area (Å²) in [7, 11) is 0. The zero-order valence-electron chi connectivity index (χ0n) is 7.85. The van der Waals surface area contributed by atoms with Crippen molar-refractivity contribution in [3.05, 3.63) is 0 Å². The van der Waals surface area contributed by atoms with Crippen LogP contribution >= 0.6 is 0 Å². The van der Waals surface area contributed by atoms with Crippen molar-refractivity contribution in [2.24, 2.45) is 5.92 Å². The maximum absolute atomic E-state index is 3.55. The first-order valence-corrected chi connectivity index (χ1v) is 4.65. The molecule has 1 saturated heterocycles. The van der Waals surface area contributed by atoms with Crippen molar-refractivity contribution < 1.29 is 0 Å². The van der Waals surface area contributed by atoms with Gasteiger partial charge in [0.25, 0.3) is 0 Å². The average Bonchev–Trinajstić information content (AvgIpc) is 1.85. The minimum Gasteiger partial charge on any atom is -0.315 e. The van der Waals surface area contributed by atoms with E-state index < -0.39 is 0 Å². The first-order chi connectivity index (χ1) is 5.18. The summed E-state index contributed by atoms with van der Waals surface area (Å²) in [6.45, 7) is 9.05. The Morgan fingerprint density at radius 2 is 2.09 bits per heavy atom. The average molecular weight is 156 g/mol. The molecule has 2 heteroatoms. The molecule has 0 aromatic heterocycles. The van der Waals surface area contributed by atoms with Crippen molar-refractivity contribution in [3.63, 3.8) is 0 Å². The minimum absolute atomic E-state index is 0.618. The molecule has 0 aromatic rings. The van der Waals surface area contributed by atoms with Gasteiger partial charge in [0.15, 0.2) is 0 Å². The maximum atomic E-state index is 3.55. The molecule has 0 aliphatic carbocycles. The summed E-state index contributed by atoms with van der Waals surface area (Å²) in [4.78, 5) is 0. The number of piperidine rings is 1. The van der Waals surface area contributed by atoms with Crippen LogP contribution in [0.25, 0.3) is 0 Å². The van der Waals surface area contributed by atoms with E-state index in [0.717, 1.165) is 12.5 Å². The van der Waals surface area contributed by atoms with Crippen molar-refractivity contribution in [2.45, 2.75) is 39.3 Å². The van der Waals surface area contributed by atoms with Crippen LogP contribution in [0.15, 0.2) is 0 Å². The lowest BCUT2D eigenvalue weighted by Crippen LogP contribution is -2.48. The largest absolute Gasteiger partial charge is 0.315 e. The molecule has 0 unspecified atom stereocenters. The summed E-state index contributed by atoms with van der Waals surface area (Å²) >= 11 is 0. The molecule has 1 aliphatic rings. The Morgan fingerprint density at radius 1 is 1.36 bits per heavy atom. The molecule has 66 valence electrons. The molecule has 1 heterocycles. The van der Waals surface area contributed by atoms with Gasteiger partial charge in [0.1, 0.15) is 0 Å². The zero-order chi connectivity index (χ0) is 8.27. The highest BCUT2D eigenvalue weighted by Gasteiger charge is 2.17. The van der Waals surface area contributed by atoms with Crippen molar-refractivity contribution in [3.8, 4) is 0 Å². The van der Waals surface area contributed by atoms with E-state index in [0.29, 0.717) is 12.1 Å². The van der Waals surface area contributed by atoms with Gasteiger partial charge < -0.3 is 10.6 Å². The van der Waals surface area contributed by atoms with E-state index in [1.807, 2.05) is 0 Å². The second kappa shape index (κ2) is 4.07. The van der Waals surface area contributed by atoms with Gasteiger partial charge in [-0.2, -0.15) is 0 Å². The molecule has 0 amide bonds. The molecular formula is C9H20N2. The minimum atomic E-state index is 0.618. The Kier molecular flexibility index (Phi) is 3.34. The van der Waals surface area contributed by atoms with E-state index in [1.165, 1.54) is 13.0 Å². The third-order valence-corrected chi connectivity index (χ3v) is 2.14. The van der Waals surface area contributed by atoms with Crippen LogP contribution in [0.4, 0.5) is 0 Å². The number of hydrogen-bond donors (Lipinski definition) is 2. The van der Waals surface area contributed by atoms with Crippen LogP contribution in [0.1, 0.15) is 27.2 Å². The Hall–Kier alpha value is -0.0800. The van der Waals surface area contributed by atoms with Gasteiger partial charge in [-0.3, -0.25) is 0 Å². The molecule has 0 saturated carbocycles. The Morgan fingerprint density at radius 3 is 2.64 bits per heavy atom. The highest BCUT2D eigenvalue weighted by molar-refractivity contribution is 4.79. The van der Waals surface area contributed by atoms with Gasteiger partial charge >= 0.3 is 0 Å². The molecule has 2 atom stereocenters. The van der Waals surface area contributed by atoms with E-state index in [4.69, 9.17) is 0 Å². The van der Waals surface area contributed by atoms with Crippen molar-refractivity contribution in [1.29, 1.82) is 0 Å². The monoisotopic (exact) mass is 156 g/mol. The molecule has 0 spiro atoms. The third-order valence-electron chi connectivity index (χ3n) is 2.14. The second-order valence-electron chi connectivity index (χ2n) is 4.02. The first-order valence-electron chi connectivity index (χ1n) is 4.65. The summed E-state index contributed by atoms with van der Waals surface area (Å²) in [6.07, 6.45) is 1.32. The molecule has 2 N–H and O–H groups in total. The van der Waals surface area contributed by atoms with Crippen LogP contribution in [-0.2, 0) is 0 Å². The van der Waals surface area contributed by atoms with E-state index >= 15 is 0 Å². The first kappa shape index (κ1) is 9.01. The Labute approximate surface area is 69.8 Å². The van der Waals surface area contributed by atoms with E-state index in [1.54, 1.807) is 0 Å². The van der Waals surface area contributed by atoms with Crippen LogP contribution in [0.5, 0.6) is 0 Å². The van der Waals surface area contributed by atoms with Gasteiger partial charge in [-0.15, -0.1) is 0 Å². The molecule has 0 radical (unpaired) electrons. The molecule has 1 fully saturated rings. The van der Waals surface area contributed by atoms with Gasteiger partial charge in [-0.05, 0) is 18.9 Å². The fourth-order valence-electron chi connectivity index (χ4n) is 1.75. The van der Waals surface area contributed by atoms with Gasteiger partial charge in [0.2, 0.25) is 0 Å². The topological polar surface area (TPSA) is 24.1 Å². The summed E-state index contributed by atoms with van der Waals surface area (Å²) in [6, 6.07) is 1.31. The standard InChI is InChI=1S/C9H20N2/c1-7(2)11-9-4-8(3)5-10-6-9/h7-11H,4-6H2,1-3H3/t8-,9+/m0/s1. The van der Waals surface area contributed by atoms with Gasteiger partial charge in [0.05, 0.1) is 0 Å². The fourth-order valence-corrected chi connectivity index (χ4v) is 1.75. The maximum Gasteiger partial charge on any atom is 0.0197 e. The van der Waals surface area contributed by atoms with E-state index in [-0.39, 0.29) is 0 Å². The predicted molar refractivity (Wildman–Crippen MR) is 48.7 cm³/mol. The van der Waals surface area contributed by atoms with E-state index in [2.05, 4.69) is 31.4 Å². The molecule has 1 aliphatic heterocycles. The summed E-state index contributed by atoms with van der Waals surface area (Å²) < 4.78 is 0. The molecule has 2 nitrogen and oxygen atoms in total. The smallest absolute Gasteiger partial charge is 0.0197 e. The third kappa shape index (κ3) is 3.21. The van der Waals surface area contributed by atoms with Gasteiger partial charge in [0, 0.05) is 18.6 Å². The predicted octanol–water partition coefficient (Wildman–Crippen LogP) is 0.982. The van der Waals surface area contributed by atoms with Crippen LogP contribution in [0.3, 0.4) is 0 Å². The SMILES string of the molecule is CC(C)N[C@H]1CNC[C@@H](C)C1. The number of hydrogen-bond acceptors (Lipinski definition) is 2. The lowest BCUT2D eigenvalue weighted by Gasteiger charge is -2.29. The quantitative estimate of drug-likeness (QED) is 0.623. The van der Waals surface area contributed by atoms with Crippen molar-refractivity contribution in [1.82, 2.24) is 10.6 Å². The lowest BCUT2D eigenvalue weighted by molar-refractivity contribution is 0.306. The summed E-state index contributed by atoms with van der Waals surface area (Å²) in [5, 5.41) is 6.98. The van der Waals surface area contributed by atoms with Crippen LogP contribution in [-0.4, -0.2) is 25.2 Å². The van der Waals surface area contributed by atoms with Crippen LogP contribution in [0, 0.1) is 5.92 Å². The van der Waals surface area contributed by atoms with Crippen molar-refractivity contribution >= 4 is 0 Å². The molecule has 11 heavy (non-hydrogen) atoms. The van der Waals surface area contributed by atoms with Crippen LogP contribution in [0.2, 0.25) is 0 Å². The molecular weight excluding hydrogens is 136 g/mol. The normalized spacial score (nSPS) is 32.7. The summed E-state index contributed by atoms with van der Waals surface area (Å²) in [5.74, 6) is 0.833. The number of rotatable bonds is 2. The highest BCUT2D eigenvalue weighted by atomic mass is 15.0. The summed E-state index contributed by atoms with van der Waals surface area (Å²) in [5.41, 5.74) is 0. The second-order valence-corrected chi connectivity index (χ2v) is 4.02. The van der Waals surface area contributed by atoms with E-state index in [9.17, 15) is 0 Å². The molecule has 0 aromatic carbocycles. The fraction of sp³-hybridized carbons (Fsp3) is 1.00. The zero-order valence-corrected chi connectivity index (χ0v) is 7.85. The Bertz CT molecular complexity index is 110. The highest BCUT2D eigenvalue weighted by Crippen LogP contribution is 2.09. The lowest BCUT2D eigenvalue weighted by atomic mass is 9.97. The van der Waals surface area contributed by atoms with Crippen LogP contribution < -0.4 is 10.6 Å². The molecule has 0 bridgehead atoms. The van der Waals surface area contributed by atoms with Crippen molar-refractivity contribution in [2.75, 3.05) is 13.1 Å².